The highest BCUT2D eigenvalue weighted by Crippen LogP contribution is 2.16. The van der Waals surface area contributed by atoms with E-state index >= 15 is 0 Å². The summed E-state index contributed by atoms with van der Waals surface area (Å²) in [6.07, 6.45) is -1.90. The summed E-state index contributed by atoms with van der Waals surface area (Å²) in [7, 11) is 0. The number of alkyl carbamates (subject to hydrolysis) is 1. The first-order valence-corrected chi connectivity index (χ1v) is 8.01. The standard InChI is InChI=1S/C18H25NO6/c1-12(2)11-23-17(22)24-15(20)14(13-9-7-6-8-10-13)19-16(21)25-18(3,4)5/h6-10,12,14H,11H2,1-5H3,(H,19,21)/t14-/m0/s1. The van der Waals surface area contributed by atoms with E-state index in [0.29, 0.717) is 5.56 Å². The SMILES string of the molecule is CC(C)COC(=O)OC(=O)[C@@H](NC(=O)OC(C)(C)C)c1ccccc1. The fraction of sp³-hybridized carbons (Fsp3) is 0.500. The number of ether oxygens (including phenoxy) is 3. The van der Waals surface area contributed by atoms with Crippen LogP contribution < -0.4 is 5.32 Å². The summed E-state index contributed by atoms with van der Waals surface area (Å²) in [6.45, 7) is 8.93. The number of carbonyl (C=O) groups is 3. The molecule has 0 saturated carbocycles. The number of amides is 1. The highest BCUT2D eigenvalue weighted by molar-refractivity contribution is 5.89. The third kappa shape index (κ3) is 8.19. The Hall–Kier alpha value is -2.57. The summed E-state index contributed by atoms with van der Waals surface area (Å²) in [4.78, 5) is 35.9. The first-order valence-electron chi connectivity index (χ1n) is 8.01. The lowest BCUT2D eigenvalue weighted by Crippen LogP contribution is -2.39. The van der Waals surface area contributed by atoms with Crippen molar-refractivity contribution in [3.05, 3.63) is 35.9 Å². The molecule has 0 aliphatic heterocycles. The van der Waals surface area contributed by atoms with Crippen molar-refractivity contribution < 1.29 is 28.6 Å². The van der Waals surface area contributed by atoms with E-state index < -0.39 is 29.9 Å². The fourth-order valence-corrected chi connectivity index (χ4v) is 1.75. The van der Waals surface area contributed by atoms with E-state index in [9.17, 15) is 14.4 Å². The molecule has 7 heteroatoms. The van der Waals surface area contributed by atoms with Crippen LogP contribution in [0.4, 0.5) is 9.59 Å². The Morgan fingerprint density at radius 2 is 1.68 bits per heavy atom. The Bertz CT molecular complexity index is 591. The van der Waals surface area contributed by atoms with Crippen molar-refractivity contribution in [3.63, 3.8) is 0 Å². The molecule has 0 unspecified atom stereocenters. The lowest BCUT2D eigenvalue weighted by atomic mass is 10.1. The number of nitrogens with one attached hydrogen (secondary N) is 1. The number of hydrogen-bond donors (Lipinski definition) is 1. The van der Waals surface area contributed by atoms with Crippen LogP contribution in [0.15, 0.2) is 30.3 Å². The zero-order valence-corrected chi connectivity index (χ0v) is 15.2. The number of hydrogen-bond acceptors (Lipinski definition) is 6. The van der Waals surface area contributed by atoms with Gasteiger partial charge in [-0.05, 0) is 32.3 Å². The second-order valence-electron chi connectivity index (χ2n) is 6.87. The Balaban J connectivity index is 2.83. The third-order valence-corrected chi connectivity index (χ3v) is 2.75. The lowest BCUT2D eigenvalue weighted by Gasteiger charge is -2.22. The Kier molecular flexibility index (Phi) is 7.42. The van der Waals surface area contributed by atoms with Gasteiger partial charge in [0.2, 0.25) is 0 Å². The summed E-state index contributed by atoms with van der Waals surface area (Å²) < 4.78 is 14.6. The van der Waals surface area contributed by atoms with Crippen LogP contribution in [0.1, 0.15) is 46.2 Å². The van der Waals surface area contributed by atoms with E-state index in [4.69, 9.17) is 9.47 Å². The molecule has 1 amide bonds. The van der Waals surface area contributed by atoms with E-state index in [2.05, 4.69) is 10.1 Å². The molecular formula is C18H25NO6. The monoisotopic (exact) mass is 351 g/mol. The van der Waals surface area contributed by atoms with Crippen LogP contribution in [0, 0.1) is 5.92 Å². The van der Waals surface area contributed by atoms with E-state index in [-0.39, 0.29) is 12.5 Å². The largest absolute Gasteiger partial charge is 0.516 e. The van der Waals surface area contributed by atoms with Gasteiger partial charge in [-0.15, -0.1) is 0 Å². The van der Waals surface area contributed by atoms with Crippen molar-refractivity contribution in [2.45, 2.75) is 46.3 Å². The van der Waals surface area contributed by atoms with Gasteiger partial charge in [-0.25, -0.2) is 14.4 Å². The summed E-state index contributed by atoms with van der Waals surface area (Å²) in [5.74, 6) is -0.849. The molecule has 1 aromatic carbocycles. The molecule has 1 aromatic rings. The van der Waals surface area contributed by atoms with Gasteiger partial charge in [0.1, 0.15) is 5.60 Å². The van der Waals surface area contributed by atoms with Crippen LogP contribution in [0.3, 0.4) is 0 Å². The molecule has 0 heterocycles. The molecule has 0 bridgehead atoms. The van der Waals surface area contributed by atoms with E-state index in [1.165, 1.54) is 0 Å². The third-order valence-electron chi connectivity index (χ3n) is 2.75. The van der Waals surface area contributed by atoms with Crippen molar-refractivity contribution in [3.8, 4) is 0 Å². The van der Waals surface area contributed by atoms with Gasteiger partial charge in [0.25, 0.3) is 0 Å². The zero-order chi connectivity index (χ0) is 19.0. The van der Waals surface area contributed by atoms with Crippen LogP contribution in [-0.2, 0) is 19.0 Å². The second-order valence-corrected chi connectivity index (χ2v) is 6.87. The summed E-state index contributed by atoms with van der Waals surface area (Å²) >= 11 is 0. The molecule has 0 spiro atoms. The molecule has 0 aromatic heterocycles. The summed E-state index contributed by atoms with van der Waals surface area (Å²) in [6, 6.07) is 7.22. The maximum atomic E-state index is 12.3. The topological polar surface area (TPSA) is 90.9 Å². The van der Waals surface area contributed by atoms with Crippen LogP contribution in [-0.4, -0.2) is 30.4 Å². The molecule has 0 saturated heterocycles. The molecule has 138 valence electrons. The van der Waals surface area contributed by atoms with Gasteiger partial charge in [0, 0.05) is 0 Å². The summed E-state index contributed by atoms with van der Waals surface area (Å²) in [5.41, 5.74) is -0.277. The molecule has 1 N–H and O–H groups in total. The Morgan fingerprint density at radius 1 is 1.08 bits per heavy atom. The average Bonchev–Trinajstić information content (AvgIpc) is 2.49. The number of benzene rings is 1. The first kappa shape index (κ1) is 20.5. The highest BCUT2D eigenvalue weighted by Gasteiger charge is 2.29. The minimum atomic E-state index is -1.19. The average molecular weight is 351 g/mol. The highest BCUT2D eigenvalue weighted by atomic mass is 16.7. The molecular weight excluding hydrogens is 326 g/mol. The quantitative estimate of drug-likeness (QED) is 0.644. The van der Waals surface area contributed by atoms with E-state index in [1.807, 2.05) is 13.8 Å². The molecule has 1 atom stereocenters. The number of esters is 1. The smallest absolute Gasteiger partial charge is 0.444 e. The Morgan fingerprint density at radius 3 is 2.20 bits per heavy atom. The predicted octanol–water partition coefficient (Wildman–Crippen LogP) is 3.59. The maximum Gasteiger partial charge on any atom is 0.516 e. The Labute approximate surface area is 147 Å². The minimum absolute atomic E-state index is 0.104. The van der Waals surface area contributed by atoms with Gasteiger partial charge in [0.05, 0.1) is 6.61 Å². The van der Waals surface area contributed by atoms with Gasteiger partial charge >= 0.3 is 18.2 Å². The predicted molar refractivity (Wildman–Crippen MR) is 90.8 cm³/mol. The van der Waals surface area contributed by atoms with Gasteiger partial charge in [-0.3, -0.25) is 0 Å². The molecule has 0 aliphatic rings. The minimum Gasteiger partial charge on any atom is -0.444 e. The van der Waals surface area contributed by atoms with Gasteiger partial charge in [-0.2, -0.15) is 0 Å². The first-order chi connectivity index (χ1) is 11.6. The number of rotatable bonds is 5. The lowest BCUT2D eigenvalue weighted by molar-refractivity contribution is -0.142. The molecule has 1 rings (SSSR count). The van der Waals surface area contributed by atoms with Crippen molar-refractivity contribution in [1.82, 2.24) is 5.32 Å². The van der Waals surface area contributed by atoms with E-state index in [0.717, 1.165) is 0 Å². The van der Waals surface area contributed by atoms with Crippen LogP contribution in [0.2, 0.25) is 0 Å². The normalized spacial score (nSPS) is 12.2. The van der Waals surface area contributed by atoms with Gasteiger partial charge in [-0.1, -0.05) is 44.2 Å². The van der Waals surface area contributed by atoms with Crippen molar-refractivity contribution in [1.29, 1.82) is 0 Å². The fourth-order valence-electron chi connectivity index (χ4n) is 1.75. The zero-order valence-electron chi connectivity index (χ0n) is 15.2. The van der Waals surface area contributed by atoms with Crippen molar-refractivity contribution >= 4 is 18.2 Å². The van der Waals surface area contributed by atoms with Gasteiger partial charge < -0.3 is 19.5 Å². The van der Waals surface area contributed by atoms with Crippen molar-refractivity contribution in [2.75, 3.05) is 6.61 Å². The molecule has 0 fully saturated rings. The molecule has 0 aliphatic carbocycles. The van der Waals surface area contributed by atoms with Crippen molar-refractivity contribution in [2.24, 2.45) is 5.92 Å². The van der Waals surface area contributed by atoms with Gasteiger partial charge in [0.15, 0.2) is 6.04 Å². The summed E-state index contributed by atoms with van der Waals surface area (Å²) in [5, 5.41) is 2.42. The van der Waals surface area contributed by atoms with Crippen LogP contribution >= 0.6 is 0 Å². The molecule has 25 heavy (non-hydrogen) atoms. The maximum absolute atomic E-state index is 12.3. The second kappa shape index (κ2) is 9.05. The number of carbonyl (C=O) groups excluding carboxylic acids is 3. The van der Waals surface area contributed by atoms with Crippen LogP contribution in [0.25, 0.3) is 0 Å². The van der Waals surface area contributed by atoms with E-state index in [1.54, 1.807) is 51.1 Å². The molecule has 7 nitrogen and oxygen atoms in total. The molecule has 0 radical (unpaired) electrons. The van der Waals surface area contributed by atoms with Crippen LogP contribution in [0.5, 0.6) is 0 Å².